The van der Waals surface area contributed by atoms with E-state index >= 15 is 0 Å². The van der Waals surface area contributed by atoms with Gasteiger partial charge in [0.25, 0.3) is 0 Å². The van der Waals surface area contributed by atoms with E-state index in [-0.39, 0.29) is 36.2 Å². The van der Waals surface area contributed by atoms with E-state index in [1.54, 1.807) is 12.1 Å². The van der Waals surface area contributed by atoms with Crippen LogP contribution in [0.15, 0.2) is 29.3 Å². The number of aliphatic hydroxyl groups excluding tert-OH is 1. The second kappa shape index (κ2) is 15.1. The van der Waals surface area contributed by atoms with E-state index in [4.69, 9.17) is 17.2 Å². The summed E-state index contributed by atoms with van der Waals surface area (Å²) in [6.07, 6.45) is 1.97. The van der Waals surface area contributed by atoms with Crippen molar-refractivity contribution >= 4 is 35.1 Å². The minimum absolute atomic E-state index is 0.0425. The molecule has 212 valence electrons. The van der Waals surface area contributed by atoms with Crippen LogP contribution >= 0.6 is 0 Å². The molecule has 3 amide bonds. The molecule has 1 aromatic rings. The zero-order valence-corrected chi connectivity index (χ0v) is 22.7. The molecule has 38 heavy (non-hydrogen) atoms. The van der Waals surface area contributed by atoms with Crippen molar-refractivity contribution in [1.29, 1.82) is 0 Å². The Morgan fingerprint density at radius 1 is 1.21 bits per heavy atom. The van der Waals surface area contributed by atoms with E-state index < -0.39 is 18.1 Å². The molecule has 12 heteroatoms. The van der Waals surface area contributed by atoms with Crippen LogP contribution in [0, 0.1) is 5.92 Å². The molecule has 0 aromatic heterocycles. The summed E-state index contributed by atoms with van der Waals surface area (Å²) in [4.78, 5) is 46.8. The van der Waals surface area contributed by atoms with Gasteiger partial charge in [-0.1, -0.05) is 13.8 Å². The summed E-state index contributed by atoms with van der Waals surface area (Å²) in [5.41, 5.74) is 18.4. The quantitative estimate of drug-likeness (QED) is 0.109. The van der Waals surface area contributed by atoms with Gasteiger partial charge >= 0.3 is 0 Å². The third-order valence-electron chi connectivity index (χ3n) is 6.67. The van der Waals surface area contributed by atoms with Crippen LogP contribution in [0.2, 0.25) is 0 Å². The minimum Gasteiger partial charge on any atom is -0.395 e. The number of aliphatic hydroxyl groups is 1. The van der Waals surface area contributed by atoms with Crippen molar-refractivity contribution in [2.75, 3.05) is 43.0 Å². The lowest BCUT2D eigenvalue weighted by Gasteiger charge is -2.29. The summed E-state index contributed by atoms with van der Waals surface area (Å²) in [6, 6.07) is 5.06. The highest BCUT2D eigenvalue weighted by Gasteiger charge is 2.38. The number of guanidine groups is 1. The van der Waals surface area contributed by atoms with Gasteiger partial charge in [-0.15, -0.1) is 0 Å². The summed E-state index contributed by atoms with van der Waals surface area (Å²) < 4.78 is 0. The van der Waals surface area contributed by atoms with Crippen LogP contribution in [0.25, 0.3) is 0 Å². The molecule has 9 N–H and O–H groups in total. The SMILES string of the molecule is CCN(CCO)c1ccc(NC(=O)[C@H](CCCN=C(N)N)NC(=O)[C@@H]2CCCN2C(=O)[C@H](N)C(C)C)cc1. The standard InChI is InChI=1S/C26H44N8O4/c1-4-33(15-16-35)19-11-9-18(10-12-19)31-23(36)20(7-5-13-30-26(28)29)32-24(37)21-8-6-14-34(21)25(38)22(27)17(2)3/h9-12,17,20-22,35H,4-8,13-16,27H2,1-3H3,(H,31,36)(H,32,37)(H4,28,29,30)/t20-,21-,22+/m0/s1. The second-order valence-corrected chi connectivity index (χ2v) is 9.81. The van der Waals surface area contributed by atoms with Crippen molar-refractivity contribution in [2.45, 2.75) is 64.6 Å². The molecule has 1 aromatic carbocycles. The first-order chi connectivity index (χ1) is 18.1. The van der Waals surface area contributed by atoms with Gasteiger partial charge in [-0.3, -0.25) is 19.4 Å². The monoisotopic (exact) mass is 532 g/mol. The number of nitrogens with one attached hydrogen (secondary N) is 2. The third-order valence-corrected chi connectivity index (χ3v) is 6.67. The summed E-state index contributed by atoms with van der Waals surface area (Å²) in [5, 5.41) is 15.0. The Morgan fingerprint density at radius 3 is 2.47 bits per heavy atom. The Balaban J connectivity index is 2.13. The Morgan fingerprint density at radius 2 is 1.89 bits per heavy atom. The Labute approximate surface area is 225 Å². The Bertz CT molecular complexity index is 949. The zero-order chi connectivity index (χ0) is 28.2. The number of likely N-dealkylation sites (N-methyl/N-ethyl adjacent to an activating group) is 1. The predicted octanol–water partition coefficient (Wildman–Crippen LogP) is -0.0436. The number of nitrogens with two attached hydrogens (primary N) is 3. The normalized spacial score (nSPS) is 16.6. The molecule has 1 aliphatic heterocycles. The van der Waals surface area contributed by atoms with Gasteiger partial charge in [0.05, 0.1) is 12.6 Å². The van der Waals surface area contributed by atoms with E-state index in [9.17, 15) is 19.5 Å². The van der Waals surface area contributed by atoms with Crippen molar-refractivity contribution in [3.05, 3.63) is 24.3 Å². The first-order valence-corrected chi connectivity index (χ1v) is 13.3. The lowest BCUT2D eigenvalue weighted by Crippen LogP contribution is -2.55. The van der Waals surface area contributed by atoms with Gasteiger partial charge in [-0.25, -0.2) is 0 Å². The molecule has 0 aliphatic carbocycles. The molecule has 1 saturated heterocycles. The first-order valence-electron chi connectivity index (χ1n) is 13.3. The van der Waals surface area contributed by atoms with Crippen molar-refractivity contribution in [2.24, 2.45) is 28.1 Å². The molecule has 0 radical (unpaired) electrons. The molecule has 2 rings (SSSR count). The van der Waals surface area contributed by atoms with E-state index in [2.05, 4.69) is 15.6 Å². The van der Waals surface area contributed by atoms with E-state index in [0.29, 0.717) is 51.0 Å². The summed E-state index contributed by atoms with van der Waals surface area (Å²) in [6.45, 7) is 7.78. The molecule has 12 nitrogen and oxygen atoms in total. The Kier molecular flexibility index (Phi) is 12.3. The molecule has 0 bridgehead atoms. The summed E-state index contributed by atoms with van der Waals surface area (Å²) in [7, 11) is 0. The van der Waals surface area contributed by atoms with Crippen LogP contribution in [0.4, 0.5) is 11.4 Å². The number of anilines is 2. The van der Waals surface area contributed by atoms with Gasteiger partial charge in [0, 0.05) is 37.6 Å². The number of aliphatic imine (C=N–C) groups is 1. The van der Waals surface area contributed by atoms with Crippen LogP contribution in [0.1, 0.15) is 46.5 Å². The minimum atomic E-state index is -0.853. The topological polar surface area (TPSA) is 192 Å². The number of nitrogens with zero attached hydrogens (tertiary/aromatic N) is 3. The first kappa shape index (κ1) is 30.8. The number of likely N-dealkylation sites (tertiary alicyclic amines) is 1. The molecule has 1 heterocycles. The van der Waals surface area contributed by atoms with Gasteiger partial charge in [0.15, 0.2) is 5.96 Å². The molecule has 0 unspecified atom stereocenters. The Hall–Kier alpha value is -3.38. The molecular formula is C26H44N8O4. The lowest BCUT2D eigenvalue weighted by atomic mass is 10.0. The highest BCUT2D eigenvalue weighted by Crippen LogP contribution is 2.21. The van der Waals surface area contributed by atoms with Crippen LogP contribution in [-0.4, -0.2) is 84.6 Å². The smallest absolute Gasteiger partial charge is 0.246 e. The highest BCUT2D eigenvalue weighted by atomic mass is 16.3. The summed E-state index contributed by atoms with van der Waals surface area (Å²) in [5.74, 6) is -1.12. The van der Waals surface area contributed by atoms with Gasteiger partial charge < -0.3 is 42.7 Å². The van der Waals surface area contributed by atoms with Crippen LogP contribution < -0.4 is 32.7 Å². The molecule has 3 atom stereocenters. The van der Waals surface area contributed by atoms with Gasteiger partial charge in [-0.2, -0.15) is 0 Å². The fourth-order valence-electron chi connectivity index (χ4n) is 4.40. The maximum absolute atomic E-state index is 13.3. The van der Waals surface area contributed by atoms with Crippen molar-refractivity contribution in [3.8, 4) is 0 Å². The van der Waals surface area contributed by atoms with E-state index in [1.165, 1.54) is 4.90 Å². The van der Waals surface area contributed by atoms with Crippen molar-refractivity contribution < 1.29 is 19.5 Å². The highest BCUT2D eigenvalue weighted by molar-refractivity contribution is 5.98. The maximum Gasteiger partial charge on any atom is 0.246 e. The van der Waals surface area contributed by atoms with Gasteiger partial charge in [0.1, 0.15) is 12.1 Å². The number of carbonyl (C=O) groups excluding carboxylic acids is 3. The lowest BCUT2D eigenvalue weighted by molar-refractivity contribution is -0.140. The molecule has 1 aliphatic rings. The van der Waals surface area contributed by atoms with Crippen LogP contribution in [0.5, 0.6) is 0 Å². The van der Waals surface area contributed by atoms with Crippen LogP contribution in [0.3, 0.4) is 0 Å². The van der Waals surface area contributed by atoms with E-state index in [1.807, 2.05) is 37.8 Å². The van der Waals surface area contributed by atoms with Crippen molar-refractivity contribution in [3.63, 3.8) is 0 Å². The number of carbonyl (C=O) groups is 3. The van der Waals surface area contributed by atoms with Crippen molar-refractivity contribution in [1.82, 2.24) is 10.2 Å². The number of rotatable bonds is 14. The number of hydrogen-bond acceptors (Lipinski definition) is 7. The van der Waals surface area contributed by atoms with Gasteiger partial charge in [0.2, 0.25) is 17.7 Å². The average molecular weight is 533 g/mol. The van der Waals surface area contributed by atoms with Crippen LogP contribution in [-0.2, 0) is 14.4 Å². The van der Waals surface area contributed by atoms with E-state index in [0.717, 1.165) is 12.2 Å². The third kappa shape index (κ3) is 8.88. The fraction of sp³-hybridized carbons (Fsp3) is 0.615. The number of amides is 3. The maximum atomic E-state index is 13.3. The van der Waals surface area contributed by atoms with Gasteiger partial charge in [-0.05, 0) is 62.8 Å². The molecular weight excluding hydrogens is 488 g/mol. The fourth-order valence-corrected chi connectivity index (χ4v) is 4.40. The number of hydrogen-bond donors (Lipinski definition) is 6. The second-order valence-electron chi connectivity index (χ2n) is 9.81. The molecule has 0 spiro atoms. The molecule has 0 saturated carbocycles. The molecule has 1 fully saturated rings. The zero-order valence-electron chi connectivity index (χ0n) is 22.7. The average Bonchev–Trinajstić information content (AvgIpc) is 3.38. The number of benzene rings is 1. The predicted molar refractivity (Wildman–Crippen MR) is 149 cm³/mol. The largest absolute Gasteiger partial charge is 0.395 e. The summed E-state index contributed by atoms with van der Waals surface area (Å²) >= 11 is 0.